The molecule has 0 radical (unpaired) electrons. The number of fused-ring (bicyclic) bond motifs is 1. The lowest BCUT2D eigenvalue weighted by Crippen LogP contribution is -2.52. The Balaban J connectivity index is 1.36. The average molecular weight is 334 g/mol. The Labute approximate surface area is 146 Å². The molecular formula is C19H33N4O+. The molecule has 3 rings (SSSR count). The van der Waals surface area contributed by atoms with Crippen LogP contribution < -0.4 is 16.0 Å². The summed E-state index contributed by atoms with van der Waals surface area (Å²) in [5.74, 6) is 0. The van der Waals surface area contributed by atoms with Crippen LogP contribution in [0.1, 0.15) is 18.4 Å². The van der Waals surface area contributed by atoms with E-state index < -0.39 is 0 Å². The first-order valence-electron chi connectivity index (χ1n) is 9.42. The van der Waals surface area contributed by atoms with E-state index in [1.165, 1.54) is 41.5 Å². The Hall–Kier alpha value is -1.30. The molecule has 3 N–H and O–H groups in total. The number of nitrogens with zero attached hydrogens (tertiary/aromatic N) is 2. The van der Waals surface area contributed by atoms with Gasteiger partial charge in [0.1, 0.15) is 13.1 Å². The second kappa shape index (κ2) is 8.19. The molecule has 0 saturated carbocycles. The summed E-state index contributed by atoms with van der Waals surface area (Å²) >= 11 is 0. The topological polar surface area (TPSA) is 50.5 Å². The Kier molecular flexibility index (Phi) is 5.98. The second-order valence-corrected chi connectivity index (χ2v) is 7.49. The van der Waals surface area contributed by atoms with Crippen LogP contribution in [0, 0.1) is 0 Å². The molecule has 5 nitrogen and oxygen atoms in total. The lowest BCUT2D eigenvalue weighted by molar-refractivity contribution is -0.917. The van der Waals surface area contributed by atoms with E-state index in [-0.39, 0.29) is 0 Å². The van der Waals surface area contributed by atoms with Gasteiger partial charge < -0.3 is 25.2 Å². The Morgan fingerprint density at radius 2 is 2.08 bits per heavy atom. The van der Waals surface area contributed by atoms with Crippen molar-refractivity contribution in [3.8, 4) is 0 Å². The largest absolute Gasteiger partial charge is 0.399 e. The molecule has 1 saturated heterocycles. The van der Waals surface area contributed by atoms with E-state index in [1.54, 1.807) is 0 Å². The van der Waals surface area contributed by atoms with E-state index in [0.717, 1.165) is 58.2 Å². The first-order chi connectivity index (χ1) is 11.7. The molecule has 0 spiro atoms. The van der Waals surface area contributed by atoms with Crippen LogP contribution in [0.2, 0.25) is 0 Å². The van der Waals surface area contributed by atoms with Gasteiger partial charge in [-0.1, -0.05) is 6.07 Å². The number of aryl methyl sites for hydroxylation is 1. The maximum Gasteiger partial charge on any atom is 0.102 e. The normalized spacial score (nSPS) is 20.0. The third-order valence-corrected chi connectivity index (χ3v) is 5.49. The van der Waals surface area contributed by atoms with Gasteiger partial charge in [-0.25, -0.2) is 0 Å². The highest BCUT2D eigenvalue weighted by molar-refractivity contribution is 5.62. The second-order valence-electron chi connectivity index (χ2n) is 7.49. The number of likely N-dealkylation sites (N-methyl/N-ethyl adjacent to an activating group) is 1. The lowest BCUT2D eigenvalue weighted by atomic mass is 10.0. The van der Waals surface area contributed by atoms with Crippen molar-refractivity contribution in [2.75, 3.05) is 76.7 Å². The highest BCUT2D eigenvalue weighted by Gasteiger charge is 2.24. The van der Waals surface area contributed by atoms with E-state index in [9.17, 15) is 0 Å². The van der Waals surface area contributed by atoms with Gasteiger partial charge >= 0.3 is 0 Å². The smallest absolute Gasteiger partial charge is 0.102 e. The molecule has 1 aromatic carbocycles. The zero-order valence-corrected chi connectivity index (χ0v) is 15.1. The van der Waals surface area contributed by atoms with E-state index in [4.69, 9.17) is 10.5 Å². The summed E-state index contributed by atoms with van der Waals surface area (Å²) in [5.41, 5.74) is 9.63. The van der Waals surface area contributed by atoms with Gasteiger partial charge in [-0.3, -0.25) is 0 Å². The minimum absolute atomic E-state index is 0.871. The molecule has 0 amide bonds. The Morgan fingerprint density at radius 3 is 2.92 bits per heavy atom. The van der Waals surface area contributed by atoms with E-state index >= 15 is 0 Å². The zero-order valence-electron chi connectivity index (χ0n) is 15.1. The summed E-state index contributed by atoms with van der Waals surface area (Å²) in [6, 6.07) is 6.35. The van der Waals surface area contributed by atoms with Crippen LogP contribution in [0.15, 0.2) is 18.2 Å². The van der Waals surface area contributed by atoms with Gasteiger partial charge in [0.05, 0.1) is 26.8 Å². The molecule has 2 aliphatic heterocycles. The fourth-order valence-electron chi connectivity index (χ4n) is 3.83. The maximum atomic E-state index is 5.97. The summed E-state index contributed by atoms with van der Waals surface area (Å²) < 4.78 is 6.64. The molecular weight excluding hydrogens is 300 g/mol. The van der Waals surface area contributed by atoms with Crippen molar-refractivity contribution in [1.29, 1.82) is 0 Å². The maximum absolute atomic E-state index is 5.97. The highest BCUT2D eigenvalue weighted by Crippen LogP contribution is 2.28. The molecule has 0 aliphatic carbocycles. The number of morpholine rings is 1. The van der Waals surface area contributed by atoms with Crippen LogP contribution in [0.3, 0.4) is 0 Å². The first kappa shape index (κ1) is 17.5. The van der Waals surface area contributed by atoms with Crippen LogP contribution in [-0.2, 0) is 11.2 Å². The van der Waals surface area contributed by atoms with Gasteiger partial charge in [-0.15, -0.1) is 0 Å². The van der Waals surface area contributed by atoms with Crippen molar-refractivity contribution in [3.05, 3.63) is 23.8 Å². The molecule has 0 atom stereocenters. The minimum atomic E-state index is 0.871. The standard InChI is InChI=1S/C19H33N4O/c1-23(12-14-24-15-13-23)11-3-7-21-8-10-22-9-2-4-17-5-6-18(20)16-19(17)22/h5-6,16,21H,2-4,7-15,20H2,1H3/q+1. The van der Waals surface area contributed by atoms with Crippen molar-refractivity contribution in [1.82, 2.24) is 5.32 Å². The van der Waals surface area contributed by atoms with Crippen molar-refractivity contribution in [3.63, 3.8) is 0 Å². The van der Waals surface area contributed by atoms with Crippen LogP contribution in [0.25, 0.3) is 0 Å². The fraction of sp³-hybridized carbons (Fsp3) is 0.684. The Bertz CT molecular complexity index is 528. The quantitative estimate of drug-likeness (QED) is 0.451. The first-order valence-corrected chi connectivity index (χ1v) is 9.42. The summed E-state index contributed by atoms with van der Waals surface area (Å²) in [6.45, 7) is 9.76. The third-order valence-electron chi connectivity index (χ3n) is 5.49. The predicted molar refractivity (Wildman–Crippen MR) is 100 cm³/mol. The Morgan fingerprint density at radius 1 is 1.25 bits per heavy atom. The summed E-state index contributed by atoms with van der Waals surface area (Å²) in [5, 5.41) is 3.62. The predicted octanol–water partition coefficient (Wildman–Crippen LogP) is 1.48. The molecule has 0 bridgehead atoms. The monoisotopic (exact) mass is 333 g/mol. The number of quaternary nitrogens is 1. The van der Waals surface area contributed by atoms with Crippen molar-refractivity contribution in [2.24, 2.45) is 0 Å². The molecule has 0 aromatic heterocycles. The summed E-state index contributed by atoms with van der Waals surface area (Å²) in [6.07, 6.45) is 3.66. The number of nitrogen functional groups attached to an aromatic ring is 1. The van der Waals surface area contributed by atoms with E-state index in [2.05, 4.69) is 29.4 Å². The van der Waals surface area contributed by atoms with Gasteiger partial charge in [0.25, 0.3) is 0 Å². The molecule has 0 unspecified atom stereocenters. The highest BCUT2D eigenvalue weighted by atomic mass is 16.5. The molecule has 1 aromatic rings. The van der Waals surface area contributed by atoms with E-state index in [0.29, 0.717) is 0 Å². The fourth-order valence-corrected chi connectivity index (χ4v) is 3.83. The van der Waals surface area contributed by atoms with E-state index in [1.807, 2.05) is 6.07 Å². The van der Waals surface area contributed by atoms with Crippen LogP contribution in [0.5, 0.6) is 0 Å². The third kappa shape index (κ3) is 4.62. The minimum Gasteiger partial charge on any atom is -0.399 e. The number of nitrogens with two attached hydrogens (primary N) is 1. The van der Waals surface area contributed by atoms with Crippen LogP contribution in [-0.4, -0.2) is 70.6 Å². The molecule has 5 heteroatoms. The van der Waals surface area contributed by atoms with Crippen LogP contribution >= 0.6 is 0 Å². The average Bonchev–Trinajstić information content (AvgIpc) is 2.59. The number of hydrogen-bond acceptors (Lipinski definition) is 4. The number of hydrogen-bond donors (Lipinski definition) is 2. The number of rotatable bonds is 7. The van der Waals surface area contributed by atoms with Crippen LogP contribution in [0.4, 0.5) is 11.4 Å². The molecule has 24 heavy (non-hydrogen) atoms. The SMILES string of the molecule is C[N+]1(CCCNCCN2CCCc3ccc(N)cc32)CCOCC1. The molecule has 134 valence electrons. The van der Waals surface area contributed by atoms with Gasteiger partial charge in [-0.05, 0) is 30.5 Å². The number of benzene rings is 1. The van der Waals surface area contributed by atoms with Gasteiger partial charge in [0, 0.05) is 44.0 Å². The molecule has 1 fully saturated rings. The number of anilines is 2. The molecule has 2 aliphatic rings. The van der Waals surface area contributed by atoms with Crippen molar-refractivity contribution < 1.29 is 9.22 Å². The summed E-state index contributed by atoms with van der Waals surface area (Å²) in [4.78, 5) is 2.48. The number of nitrogens with one attached hydrogen (secondary N) is 1. The zero-order chi connectivity index (χ0) is 16.8. The summed E-state index contributed by atoms with van der Waals surface area (Å²) in [7, 11) is 2.36. The van der Waals surface area contributed by atoms with Crippen molar-refractivity contribution in [2.45, 2.75) is 19.3 Å². The molecule has 2 heterocycles. The van der Waals surface area contributed by atoms with Gasteiger partial charge in [0.15, 0.2) is 0 Å². The van der Waals surface area contributed by atoms with Gasteiger partial charge in [-0.2, -0.15) is 0 Å². The van der Waals surface area contributed by atoms with Crippen molar-refractivity contribution >= 4 is 11.4 Å². The lowest BCUT2D eigenvalue weighted by Gasteiger charge is -2.37. The number of ether oxygens (including phenoxy) is 1. The van der Waals surface area contributed by atoms with Gasteiger partial charge in [0.2, 0.25) is 0 Å².